The molecule has 0 radical (unpaired) electrons. The van der Waals surface area contributed by atoms with Crippen molar-refractivity contribution in [1.29, 1.82) is 0 Å². The molecule has 2 saturated heterocycles. The van der Waals surface area contributed by atoms with E-state index in [-0.39, 0.29) is 0 Å². The van der Waals surface area contributed by atoms with Crippen LogP contribution in [0.1, 0.15) is 31.7 Å². The zero-order valence-electron chi connectivity index (χ0n) is 18.8. The van der Waals surface area contributed by atoms with Gasteiger partial charge in [-0.25, -0.2) is 0 Å². The molecular formula is C26H39N4+. The lowest BCUT2D eigenvalue weighted by molar-refractivity contribution is 0.162. The van der Waals surface area contributed by atoms with Crippen LogP contribution in [-0.4, -0.2) is 69.3 Å². The van der Waals surface area contributed by atoms with Gasteiger partial charge >= 0.3 is 0 Å². The van der Waals surface area contributed by atoms with E-state index in [1.807, 2.05) is 0 Å². The number of fused-ring (bicyclic) bond motifs is 3. The summed E-state index contributed by atoms with van der Waals surface area (Å²) in [5, 5.41) is 7.71. The van der Waals surface area contributed by atoms with Crippen molar-refractivity contribution in [3.63, 3.8) is 0 Å². The molecule has 2 aromatic carbocycles. The first-order valence-corrected chi connectivity index (χ1v) is 11.8. The number of nitrogens with zero attached hydrogens (tertiary/aromatic N) is 2. The van der Waals surface area contributed by atoms with Crippen molar-refractivity contribution in [3.05, 3.63) is 66.2 Å². The molecule has 2 fully saturated rings. The number of para-hydroxylation sites is 1. The molecule has 2 aromatic rings. The van der Waals surface area contributed by atoms with Gasteiger partial charge in [0.2, 0.25) is 0 Å². The Morgan fingerprint density at radius 2 is 1.53 bits per heavy atom. The van der Waals surface area contributed by atoms with E-state index in [4.69, 9.17) is 0 Å². The highest BCUT2D eigenvalue weighted by atomic mass is 15.4. The largest absolute Gasteiger partial charge is 0.313 e. The average Bonchev–Trinajstić information content (AvgIpc) is 2.79. The minimum absolute atomic E-state index is 0.459. The third-order valence-corrected chi connectivity index (χ3v) is 7.35. The van der Waals surface area contributed by atoms with Crippen LogP contribution in [0.4, 0.5) is 5.69 Å². The predicted octanol–water partition coefficient (Wildman–Crippen LogP) is 3.45. The lowest BCUT2D eigenvalue weighted by Crippen LogP contribution is -2.60. The summed E-state index contributed by atoms with van der Waals surface area (Å²) in [5.41, 5.74) is 2.93. The van der Waals surface area contributed by atoms with Gasteiger partial charge in [-0.2, -0.15) is 0 Å². The zero-order chi connectivity index (χ0) is 20.8. The fourth-order valence-corrected chi connectivity index (χ4v) is 5.29. The molecule has 30 heavy (non-hydrogen) atoms. The summed E-state index contributed by atoms with van der Waals surface area (Å²) in [6, 6.07) is 23.4. The molecule has 4 rings (SSSR count). The van der Waals surface area contributed by atoms with Gasteiger partial charge in [0.25, 0.3) is 0 Å². The summed E-state index contributed by atoms with van der Waals surface area (Å²) in [6.45, 7) is 13.8. The molecule has 2 aliphatic heterocycles. The third kappa shape index (κ3) is 5.12. The van der Waals surface area contributed by atoms with E-state index in [0.29, 0.717) is 18.0 Å². The average molecular weight is 408 g/mol. The second-order valence-electron chi connectivity index (χ2n) is 9.36. The maximum Gasteiger partial charge on any atom is 0.132 e. The Morgan fingerprint density at radius 1 is 0.800 bits per heavy atom. The minimum Gasteiger partial charge on any atom is -0.313 e. The molecule has 4 nitrogen and oxygen atoms in total. The highest BCUT2D eigenvalue weighted by Crippen LogP contribution is 2.27. The van der Waals surface area contributed by atoms with Crippen LogP contribution >= 0.6 is 0 Å². The molecular weight excluding hydrogens is 368 g/mol. The van der Waals surface area contributed by atoms with Gasteiger partial charge in [-0.05, 0) is 31.5 Å². The number of hydrogen-bond acceptors (Lipinski definition) is 3. The molecule has 2 bridgehead atoms. The van der Waals surface area contributed by atoms with Crippen LogP contribution in [0, 0.1) is 0 Å². The molecule has 162 valence electrons. The number of rotatable bonds is 2. The Balaban J connectivity index is 1.64. The van der Waals surface area contributed by atoms with Gasteiger partial charge in [0.1, 0.15) is 5.69 Å². The first kappa shape index (κ1) is 21.5. The van der Waals surface area contributed by atoms with Gasteiger partial charge in [0, 0.05) is 57.1 Å². The maximum absolute atomic E-state index is 3.92. The number of hydrogen-bond donors (Lipinski definition) is 2. The standard InChI is InChI=1S/C26H39N4/c1-22-13-18-30(25-11-7-4-8-12-25)19-15-28-23(2)26(24-9-5-3-6-10-24)21-29(17-20-30)16-14-27-22/h3-12,22-23,26-28H,13-21H2,1-2H3/q+1. The number of benzene rings is 2. The van der Waals surface area contributed by atoms with Crippen molar-refractivity contribution >= 4 is 5.69 Å². The highest BCUT2D eigenvalue weighted by molar-refractivity contribution is 5.42. The molecule has 0 saturated carbocycles. The fraction of sp³-hybridized carbons (Fsp3) is 0.538. The molecule has 0 aromatic heterocycles. The summed E-state index contributed by atoms with van der Waals surface area (Å²) in [4.78, 5) is 2.71. The van der Waals surface area contributed by atoms with E-state index in [1.165, 1.54) is 30.8 Å². The predicted molar refractivity (Wildman–Crippen MR) is 128 cm³/mol. The van der Waals surface area contributed by atoms with Crippen molar-refractivity contribution in [2.75, 3.05) is 52.4 Å². The van der Waals surface area contributed by atoms with Crippen molar-refractivity contribution in [2.45, 2.75) is 38.3 Å². The molecule has 2 aliphatic rings. The van der Waals surface area contributed by atoms with Gasteiger partial charge in [-0.1, -0.05) is 48.5 Å². The first-order chi connectivity index (χ1) is 14.7. The Labute approximate surface area is 182 Å². The lowest BCUT2D eigenvalue weighted by atomic mass is 9.91. The van der Waals surface area contributed by atoms with Crippen LogP contribution in [0.25, 0.3) is 0 Å². The monoisotopic (exact) mass is 407 g/mol. The van der Waals surface area contributed by atoms with Crippen molar-refractivity contribution in [1.82, 2.24) is 20.0 Å². The van der Waals surface area contributed by atoms with Gasteiger partial charge in [0.05, 0.1) is 19.6 Å². The Kier molecular flexibility index (Phi) is 7.21. The molecule has 0 aliphatic carbocycles. The second kappa shape index (κ2) is 10.1. The molecule has 5 atom stereocenters. The van der Waals surface area contributed by atoms with Crippen molar-refractivity contribution in [3.8, 4) is 0 Å². The second-order valence-corrected chi connectivity index (χ2v) is 9.36. The van der Waals surface area contributed by atoms with Gasteiger partial charge in [-0.15, -0.1) is 0 Å². The number of nitrogens with one attached hydrogen (secondary N) is 2. The Morgan fingerprint density at radius 3 is 2.30 bits per heavy atom. The van der Waals surface area contributed by atoms with E-state index in [0.717, 1.165) is 43.8 Å². The summed E-state index contributed by atoms with van der Waals surface area (Å²) in [5.74, 6) is 0.517. The van der Waals surface area contributed by atoms with Crippen LogP contribution in [-0.2, 0) is 0 Å². The Hall–Kier alpha value is -1.72. The molecule has 0 amide bonds. The molecule has 2 N–H and O–H groups in total. The summed E-state index contributed by atoms with van der Waals surface area (Å²) in [6.07, 6.45) is 1.22. The van der Waals surface area contributed by atoms with Gasteiger partial charge in [0.15, 0.2) is 0 Å². The van der Waals surface area contributed by atoms with Crippen LogP contribution in [0.5, 0.6) is 0 Å². The molecule has 4 heteroatoms. The molecule has 2 heterocycles. The quantitative estimate of drug-likeness (QED) is 0.747. The van der Waals surface area contributed by atoms with E-state index in [1.54, 1.807) is 0 Å². The normalized spacial score (nSPS) is 33.7. The van der Waals surface area contributed by atoms with Crippen LogP contribution in [0.15, 0.2) is 60.7 Å². The van der Waals surface area contributed by atoms with E-state index in [2.05, 4.69) is 90.0 Å². The van der Waals surface area contributed by atoms with Crippen LogP contribution < -0.4 is 15.1 Å². The molecule has 0 spiro atoms. The highest BCUT2D eigenvalue weighted by Gasteiger charge is 2.34. The summed E-state index contributed by atoms with van der Waals surface area (Å²) >= 11 is 0. The minimum atomic E-state index is 0.459. The first-order valence-electron chi connectivity index (χ1n) is 11.8. The lowest BCUT2D eigenvalue weighted by Gasteiger charge is -2.43. The van der Waals surface area contributed by atoms with E-state index in [9.17, 15) is 0 Å². The topological polar surface area (TPSA) is 27.3 Å². The fourth-order valence-electron chi connectivity index (χ4n) is 5.29. The van der Waals surface area contributed by atoms with E-state index >= 15 is 0 Å². The van der Waals surface area contributed by atoms with E-state index < -0.39 is 0 Å². The Bertz CT molecular complexity index is 765. The SMILES string of the molecule is CC1CC[N+]2(c3ccccc3)CCNC(C)C(c3ccccc3)CN(CCN1)CC2. The molecule has 5 unspecified atom stereocenters. The summed E-state index contributed by atoms with van der Waals surface area (Å²) in [7, 11) is 0. The van der Waals surface area contributed by atoms with Crippen LogP contribution in [0.3, 0.4) is 0 Å². The van der Waals surface area contributed by atoms with Gasteiger partial charge < -0.3 is 10.6 Å². The maximum atomic E-state index is 3.92. The van der Waals surface area contributed by atoms with Crippen molar-refractivity contribution in [2.24, 2.45) is 0 Å². The smallest absolute Gasteiger partial charge is 0.132 e. The van der Waals surface area contributed by atoms with Gasteiger partial charge in [-0.3, -0.25) is 9.38 Å². The zero-order valence-corrected chi connectivity index (χ0v) is 18.8. The number of quaternary nitrogens is 1. The van der Waals surface area contributed by atoms with Crippen LogP contribution in [0.2, 0.25) is 0 Å². The summed E-state index contributed by atoms with van der Waals surface area (Å²) < 4.78 is 1.08. The third-order valence-electron chi connectivity index (χ3n) is 7.35. The van der Waals surface area contributed by atoms with Crippen molar-refractivity contribution < 1.29 is 0 Å².